The van der Waals surface area contributed by atoms with Crippen LogP contribution in [0.1, 0.15) is 30.8 Å². The van der Waals surface area contributed by atoms with Gasteiger partial charge in [0.1, 0.15) is 5.75 Å². The lowest BCUT2D eigenvalue weighted by Crippen LogP contribution is -2.16. The van der Waals surface area contributed by atoms with Crippen LogP contribution >= 0.6 is 15.9 Å². The summed E-state index contributed by atoms with van der Waals surface area (Å²) in [6, 6.07) is 8.19. The molecule has 0 unspecified atom stereocenters. The smallest absolute Gasteiger partial charge is 0.119 e. The van der Waals surface area contributed by atoms with Gasteiger partial charge in [-0.3, -0.25) is 4.68 Å². The molecular weight excluding hydrogens is 330 g/mol. The standard InChI is InChI=1S/C16H22BrN3O/c1-4-20-15(16(17)12(3)19-20)11-18-10-13-7-6-8-14(9-13)21-5-2/h6-9,18H,4-5,10-11H2,1-3H3. The Hall–Kier alpha value is -1.33. The third kappa shape index (κ3) is 4.08. The van der Waals surface area contributed by atoms with E-state index in [1.807, 2.05) is 30.7 Å². The highest BCUT2D eigenvalue weighted by atomic mass is 79.9. The lowest BCUT2D eigenvalue weighted by atomic mass is 10.2. The number of hydrogen-bond acceptors (Lipinski definition) is 3. The molecule has 21 heavy (non-hydrogen) atoms. The van der Waals surface area contributed by atoms with Crippen molar-refractivity contribution in [3.05, 3.63) is 45.7 Å². The monoisotopic (exact) mass is 351 g/mol. The quantitative estimate of drug-likeness (QED) is 0.827. The van der Waals surface area contributed by atoms with E-state index in [0.717, 1.165) is 35.6 Å². The van der Waals surface area contributed by atoms with Gasteiger partial charge in [0.15, 0.2) is 0 Å². The first kappa shape index (κ1) is 16.0. The first-order chi connectivity index (χ1) is 10.2. The minimum Gasteiger partial charge on any atom is -0.494 e. The Morgan fingerprint density at radius 3 is 2.81 bits per heavy atom. The van der Waals surface area contributed by atoms with Gasteiger partial charge in [-0.15, -0.1) is 0 Å². The zero-order valence-corrected chi connectivity index (χ0v) is 14.4. The van der Waals surface area contributed by atoms with Gasteiger partial charge in [0.25, 0.3) is 0 Å². The van der Waals surface area contributed by atoms with Gasteiger partial charge in [-0.2, -0.15) is 5.10 Å². The number of benzene rings is 1. The number of rotatable bonds is 7. The third-order valence-electron chi connectivity index (χ3n) is 3.28. The van der Waals surface area contributed by atoms with Gasteiger partial charge in [-0.05, 0) is 54.4 Å². The van der Waals surface area contributed by atoms with E-state index >= 15 is 0 Å². The second kappa shape index (κ2) is 7.61. The Balaban J connectivity index is 1.97. The first-order valence-corrected chi connectivity index (χ1v) is 8.09. The Labute approximate surface area is 134 Å². The predicted molar refractivity (Wildman–Crippen MR) is 88.5 cm³/mol. The molecule has 1 aromatic heterocycles. The molecule has 0 aliphatic rings. The number of hydrogen-bond donors (Lipinski definition) is 1. The maximum absolute atomic E-state index is 5.52. The molecule has 1 heterocycles. The molecule has 0 aliphatic heterocycles. The summed E-state index contributed by atoms with van der Waals surface area (Å²) in [6.45, 7) is 9.29. The number of halogens is 1. The van der Waals surface area contributed by atoms with E-state index in [4.69, 9.17) is 4.74 Å². The molecule has 0 amide bonds. The van der Waals surface area contributed by atoms with Crippen molar-refractivity contribution < 1.29 is 4.74 Å². The zero-order valence-electron chi connectivity index (χ0n) is 12.8. The zero-order chi connectivity index (χ0) is 15.2. The number of aryl methyl sites for hydroxylation is 2. The highest BCUT2D eigenvalue weighted by Gasteiger charge is 2.11. The predicted octanol–water partition coefficient (Wildman–Crippen LogP) is 3.66. The molecule has 2 aromatic rings. The van der Waals surface area contributed by atoms with Gasteiger partial charge < -0.3 is 10.1 Å². The van der Waals surface area contributed by atoms with Gasteiger partial charge in [0, 0.05) is 19.6 Å². The molecular formula is C16H22BrN3O. The molecule has 0 bridgehead atoms. The lowest BCUT2D eigenvalue weighted by molar-refractivity contribution is 0.340. The van der Waals surface area contributed by atoms with Gasteiger partial charge in [-0.1, -0.05) is 12.1 Å². The highest BCUT2D eigenvalue weighted by molar-refractivity contribution is 9.10. The van der Waals surface area contributed by atoms with Crippen molar-refractivity contribution in [3.63, 3.8) is 0 Å². The molecule has 0 spiro atoms. The molecule has 0 fully saturated rings. The molecule has 2 rings (SSSR count). The number of nitrogens with zero attached hydrogens (tertiary/aromatic N) is 2. The summed E-state index contributed by atoms with van der Waals surface area (Å²) < 4.78 is 8.65. The van der Waals surface area contributed by atoms with Crippen LogP contribution in [0.15, 0.2) is 28.7 Å². The van der Waals surface area contributed by atoms with Gasteiger partial charge in [0.05, 0.1) is 22.5 Å². The van der Waals surface area contributed by atoms with E-state index in [1.54, 1.807) is 0 Å². The second-order valence-corrected chi connectivity index (χ2v) is 5.64. The molecule has 0 atom stereocenters. The van der Waals surface area contributed by atoms with Gasteiger partial charge in [-0.25, -0.2) is 0 Å². The summed E-state index contributed by atoms with van der Waals surface area (Å²) in [5, 5.41) is 7.97. The molecule has 114 valence electrons. The summed E-state index contributed by atoms with van der Waals surface area (Å²) in [4.78, 5) is 0. The molecule has 0 radical (unpaired) electrons. The topological polar surface area (TPSA) is 39.1 Å². The van der Waals surface area contributed by atoms with Crippen molar-refractivity contribution in [1.29, 1.82) is 0 Å². The van der Waals surface area contributed by atoms with E-state index in [-0.39, 0.29) is 0 Å². The molecule has 0 saturated heterocycles. The van der Waals surface area contributed by atoms with Crippen LogP contribution in [0.4, 0.5) is 0 Å². The average Bonchev–Trinajstić information content (AvgIpc) is 2.76. The first-order valence-electron chi connectivity index (χ1n) is 7.30. The third-order valence-corrected chi connectivity index (χ3v) is 4.32. The van der Waals surface area contributed by atoms with Crippen LogP contribution in [0, 0.1) is 6.92 Å². The van der Waals surface area contributed by atoms with E-state index in [9.17, 15) is 0 Å². The lowest BCUT2D eigenvalue weighted by Gasteiger charge is -2.09. The van der Waals surface area contributed by atoms with Crippen molar-refractivity contribution in [2.45, 2.75) is 40.4 Å². The van der Waals surface area contributed by atoms with E-state index in [0.29, 0.717) is 6.61 Å². The molecule has 1 aromatic carbocycles. The summed E-state index contributed by atoms with van der Waals surface area (Å²) in [5.74, 6) is 0.924. The van der Waals surface area contributed by atoms with E-state index in [2.05, 4.69) is 45.4 Å². The molecule has 0 saturated carbocycles. The molecule has 4 nitrogen and oxygen atoms in total. The van der Waals surface area contributed by atoms with Crippen LogP contribution in [-0.2, 0) is 19.6 Å². The van der Waals surface area contributed by atoms with Crippen molar-refractivity contribution in [3.8, 4) is 5.75 Å². The van der Waals surface area contributed by atoms with Crippen LogP contribution in [-0.4, -0.2) is 16.4 Å². The normalized spacial score (nSPS) is 10.9. The van der Waals surface area contributed by atoms with Crippen molar-refractivity contribution in [2.24, 2.45) is 0 Å². The minimum absolute atomic E-state index is 0.693. The summed E-state index contributed by atoms with van der Waals surface area (Å²) in [5.41, 5.74) is 3.44. The number of aromatic nitrogens is 2. The van der Waals surface area contributed by atoms with Crippen LogP contribution in [0.2, 0.25) is 0 Å². The average molecular weight is 352 g/mol. The fourth-order valence-electron chi connectivity index (χ4n) is 2.28. The van der Waals surface area contributed by atoms with Crippen LogP contribution in [0.3, 0.4) is 0 Å². The van der Waals surface area contributed by atoms with E-state index in [1.165, 1.54) is 11.3 Å². The number of ether oxygens (including phenoxy) is 1. The molecule has 0 aliphatic carbocycles. The maximum Gasteiger partial charge on any atom is 0.119 e. The maximum atomic E-state index is 5.52. The van der Waals surface area contributed by atoms with Crippen LogP contribution in [0.25, 0.3) is 0 Å². The Morgan fingerprint density at radius 2 is 2.10 bits per heavy atom. The van der Waals surface area contributed by atoms with Crippen molar-refractivity contribution in [1.82, 2.24) is 15.1 Å². The molecule has 1 N–H and O–H groups in total. The van der Waals surface area contributed by atoms with Crippen LogP contribution < -0.4 is 10.1 Å². The van der Waals surface area contributed by atoms with Crippen molar-refractivity contribution in [2.75, 3.05) is 6.61 Å². The Morgan fingerprint density at radius 1 is 1.29 bits per heavy atom. The van der Waals surface area contributed by atoms with E-state index < -0.39 is 0 Å². The summed E-state index contributed by atoms with van der Waals surface area (Å²) >= 11 is 3.62. The minimum atomic E-state index is 0.693. The van der Waals surface area contributed by atoms with Gasteiger partial charge >= 0.3 is 0 Å². The number of nitrogens with one attached hydrogen (secondary N) is 1. The Kier molecular flexibility index (Phi) is 5.82. The molecule has 5 heteroatoms. The summed E-state index contributed by atoms with van der Waals surface area (Å²) in [7, 11) is 0. The fraction of sp³-hybridized carbons (Fsp3) is 0.438. The Bertz CT molecular complexity index is 595. The SMILES string of the molecule is CCOc1cccc(CNCc2c(Br)c(C)nn2CC)c1. The second-order valence-electron chi connectivity index (χ2n) is 4.85. The van der Waals surface area contributed by atoms with Crippen LogP contribution in [0.5, 0.6) is 5.75 Å². The summed E-state index contributed by atoms with van der Waals surface area (Å²) in [6.07, 6.45) is 0. The van der Waals surface area contributed by atoms with Crippen molar-refractivity contribution >= 4 is 15.9 Å². The van der Waals surface area contributed by atoms with Gasteiger partial charge in [0.2, 0.25) is 0 Å². The largest absolute Gasteiger partial charge is 0.494 e. The fourth-order valence-corrected chi connectivity index (χ4v) is 2.70. The highest BCUT2D eigenvalue weighted by Crippen LogP contribution is 2.21.